The van der Waals surface area contributed by atoms with Gasteiger partial charge in [0, 0.05) is 19.6 Å². The minimum Gasteiger partial charge on any atom is -0.357 e. The van der Waals surface area contributed by atoms with Crippen molar-refractivity contribution in [1.29, 1.82) is 0 Å². The molecule has 0 aromatic heterocycles. The van der Waals surface area contributed by atoms with Crippen molar-refractivity contribution in [3.63, 3.8) is 0 Å². The van der Waals surface area contributed by atoms with Gasteiger partial charge in [-0.25, -0.2) is 4.99 Å². The Bertz CT molecular complexity index is 879. The molecule has 0 fully saturated rings. The summed E-state index contributed by atoms with van der Waals surface area (Å²) in [6, 6.07) is 15.2. The summed E-state index contributed by atoms with van der Waals surface area (Å²) in [5.74, 6) is 0.398. The zero-order valence-electron chi connectivity index (χ0n) is 17.5. The van der Waals surface area contributed by atoms with Crippen LogP contribution in [0, 0.1) is 6.92 Å². The molecule has 0 bridgehead atoms. The molecular weight excluding hydrogens is 491 g/mol. The Morgan fingerprint density at radius 3 is 2.20 bits per heavy atom. The third-order valence-electron chi connectivity index (χ3n) is 4.99. The van der Waals surface area contributed by atoms with Crippen LogP contribution in [0.1, 0.15) is 51.6 Å². The highest BCUT2D eigenvalue weighted by Gasteiger charge is 2.34. The van der Waals surface area contributed by atoms with E-state index in [1.165, 1.54) is 16.0 Å². The largest absolute Gasteiger partial charge is 0.357 e. The molecule has 0 radical (unpaired) electrons. The number of guanidine groups is 1. The molecule has 1 aliphatic rings. The van der Waals surface area contributed by atoms with Crippen molar-refractivity contribution in [2.45, 2.75) is 33.2 Å². The van der Waals surface area contributed by atoms with Gasteiger partial charge < -0.3 is 10.6 Å². The van der Waals surface area contributed by atoms with Gasteiger partial charge in [0.15, 0.2) is 5.96 Å². The second-order valence-corrected chi connectivity index (χ2v) is 7.06. The van der Waals surface area contributed by atoms with Crippen LogP contribution in [0.4, 0.5) is 0 Å². The third-order valence-corrected chi connectivity index (χ3v) is 4.99. The van der Waals surface area contributed by atoms with Crippen molar-refractivity contribution in [3.05, 3.63) is 70.8 Å². The van der Waals surface area contributed by atoms with Crippen LogP contribution in [0.25, 0.3) is 0 Å². The molecule has 7 heteroatoms. The third kappa shape index (κ3) is 5.81. The highest BCUT2D eigenvalue weighted by atomic mass is 127. The van der Waals surface area contributed by atoms with Crippen molar-refractivity contribution in [1.82, 2.24) is 15.5 Å². The number of hydrogen-bond donors (Lipinski definition) is 2. The second kappa shape index (κ2) is 11.7. The van der Waals surface area contributed by atoms with Crippen LogP contribution in [0.2, 0.25) is 0 Å². The Morgan fingerprint density at radius 2 is 1.57 bits per heavy atom. The number of benzene rings is 2. The van der Waals surface area contributed by atoms with E-state index in [0.717, 1.165) is 31.9 Å². The predicted octanol–water partition coefficient (Wildman–Crippen LogP) is 3.74. The van der Waals surface area contributed by atoms with Crippen molar-refractivity contribution < 1.29 is 9.59 Å². The van der Waals surface area contributed by atoms with Crippen LogP contribution >= 0.6 is 24.0 Å². The number of aliphatic imine (C=N–C) groups is 1. The van der Waals surface area contributed by atoms with E-state index in [4.69, 9.17) is 0 Å². The number of nitrogens with one attached hydrogen (secondary N) is 2. The number of hydrogen-bond acceptors (Lipinski definition) is 3. The number of unbranched alkanes of at least 4 members (excludes halogenated alkanes) is 1. The molecule has 2 N–H and O–H groups in total. The van der Waals surface area contributed by atoms with Crippen LogP contribution in [0.15, 0.2) is 53.5 Å². The lowest BCUT2D eigenvalue weighted by Crippen LogP contribution is -2.38. The summed E-state index contributed by atoms with van der Waals surface area (Å²) in [5.41, 5.74) is 3.45. The van der Waals surface area contributed by atoms with E-state index >= 15 is 0 Å². The summed E-state index contributed by atoms with van der Waals surface area (Å²) < 4.78 is 0. The number of carbonyl (C=O) groups excluding carboxylic acids is 2. The van der Waals surface area contributed by atoms with Gasteiger partial charge in [-0.15, -0.1) is 24.0 Å². The molecule has 2 aromatic carbocycles. The smallest absolute Gasteiger partial charge is 0.261 e. The first kappa shape index (κ1) is 23.9. The average molecular weight is 520 g/mol. The Hall–Kier alpha value is -2.42. The summed E-state index contributed by atoms with van der Waals surface area (Å²) >= 11 is 0. The molecular formula is C23H29IN4O2. The van der Waals surface area contributed by atoms with Crippen LogP contribution in [0.5, 0.6) is 0 Å². The van der Waals surface area contributed by atoms with Gasteiger partial charge in [0.2, 0.25) is 0 Å². The summed E-state index contributed by atoms with van der Waals surface area (Å²) in [5, 5.41) is 6.58. The van der Waals surface area contributed by atoms with E-state index in [0.29, 0.717) is 24.2 Å². The number of halogens is 1. The van der Waals surface area contributed by atoms with Gasteiger partial charge in [0.1, 0.15) is 0 Å². The lowest BCUT2D eigenvalue weighted by atomic mass is 10.1. The van der Waals surface area contributed by atoms with E-state index < -0.39 is 0 Å². The van der Waals surface area contributed by atoms with E-state index in [1.807, 2.05) is 19.1 Å². The Kier molecular flexibility index (Phi) is 9.29. The first-order valence-corrected chi connectivity index (χ1v) is 10.1. The molecule has 0 unspecified atom stereocenters. The maximum absolute atomic E-state index is 12.4. The maximum atomic E-state index is 12.4. The summed E-state index contributed by atoms with van der Waals surface area (Å²) in [7, 11) is 0. The van der Waals surface area contributed by atoms with Gasteiger partial charge in [-0.3, -0.25) is 14.5 Å². The number of fused-ring (bicyclic) bond motifs is 1. The number of imide groups is 1. The Morgan fingerprint density at radius 1 is 0.933 bits per heavy atom. The average Bonchev–Trinajstić information content (AvgIpc) is 2.97. The van der Waals surface area contributed by atoms with E-state index in [9.17, 15) is 9.59 Å². The number of aryl methyl sites for hydroxylation is 1. The van der Waals surface area contributed by atoms with Crippen LogP contribution in [-0.2, 0) is 6.54 Å². The number of carbonyl (C=O) groups is 2. The minimum absolute atomic E-state index is 0. The monoisotopic (exact) mass is 520 g/mol. The summed E-state index contributed by atoms with van der Waals surface area (Å²) in [6.45, 7) is 6.69. The SMILES string of the molecule is CCNC(=NCc1ccccc1C)NCCCCN1C(=O)c2ccccc2C1=O.I. The lowest BCUT2D eigenvalue weighted by molar-refractivity contribution is 0.0652. The Balaban J connectivity index is 0.00000320. The first-order valence-electron chi connectivity index (χ1n) is 10.1. The molecule has 160 valence electrons. The molecule has 0 spiro atoms. The molecule has 2 aromatic rings. The molecule has 0 saturated carbocycles. The van der Waals surface area contributed by atoms with E-state index in [2.05, 4.69) is 34.7 Å². The fourth-order valence-corrected chi connectivity index (χ4v) is 3.34. The number of rotatable bonds is 8. The van der Waals surface area contributed by atoms with Crippen LogP contribution < -0.4 is 10.6 Å². The van der Waals surface area contributed by atoms with Crippen molar-refractivity contribution >= 4 is 41.8 Å². The molecule has 2 amide bonds. The zero-order valence-corrected chi connectivity index (χ0v) is 19.8. The molecule has 6 nitrogen and oxygen atoms in total. The zero-order chi connectivity index (χ0) is 20.6. The van der Waals surface area contributed by atoms with Crippen molar-refractivity contribution in [2.24, 2.45) is 4.99 Å². The molecule has 1 aliphatic heterocycles. The van der Waals surface area contributed by atoms with Crippen molar-refractivity contribution in [2.75, 3.05) is 19.6 Å². The van der Waals surface area contributed by atoms with Gasteiger partial charge in [-0.2, -0.15) is 0 Å². The molecule has 3 rings (SSSR count). The highest BCUT2D eigenvalue weighted by molar-refractivity contribution is 14.0. The van der Waals surface area contributed by atoms with Crippen molar-refractivity contribution in [3.8, 4) is 0 Å². The topological polar surface area (TPSA) is 73.8 Å². The standard InChI is InChI=1S/C23H28N4O2.HI/c1-3-24-23(26-16-18-11-5-4-10-17(18)2)25-14-8-9-15-27-21(28)19-12-6-7-13-20(19)22(27)29;/h4-7,10-13H,3,8-9,14-16H2,1-2H3,(H2,24,25,26);1H. The summed E-state index contributed by atoms with van der Waals surface area (Å²) in [6.07, 6.45) is 1.58. The minimum atomic E-state index is -0.188. The quantitative estimate of drug-likeness (QED) is 0.183. The summed E-state index contributed by atoms with van der Waals surface area (Å²) in [4.78, 5) is 30.7. The van der Waals surface area contributed by atoms with Gasteiger partial charge in [0.25, 0.3) is 11.8 Å². The van der Waals surface area contributed by atoms with Gasteiger partial charge in [0.05, 0.1) is 17.7 Å². The highest BCUT2D eigenvalue weighted by Crippen LogP contribution is 2.22. The second-order valence-electron chi connectivity index (χ2n) is 7.06. The molecule has 1 heterocycles. The number of amides is 2. The van der Waals surface area contributed by atoms with Crippen LogP contribution in [-0.4, -0.2) is 42.3 Å². The maximum Gasteiger partial charge on any atom is 0.261 e. The fourth-order valence-electron chi connectivity index (χ4n) is 3.34. The van der Waals surface area contributed by atoms with E-state index in [-0.39, 0.29) is 35.8 Å². The number of nitrogens with zero attached hydrogens (tertiary/aromatic N) is 2. The normalized spacial score (nSPS) is 13.1. The molecule has 0 aliphatic carbocycles. The Labute approximate surface area is 195 Å². The lowest BCUT2D eigenvalue weighted by Gasteiger charge is -2.15. The van der Waals surface area contributed by atoms with Gasteiger partial charge in [-0.1, -0.05) is 36.4 Å². The van der Waals surface area contributed by atoms with Gasteiger partial charge in [-0.05, 0) is 49.9 Å². The van der Waals surface area contributed by atoms with Crippen LogP contribution in [0.3, 0.4) is 0 Å². The molecule has 0 saturated heterocycles. The molecule has 0 atom stereocenters. The predicted molar refractivity (Wildman–Crippen MR) is 130 cm³/mol. The molecule has 30 heavy (non-hydrogen) atoms. The first-order chi connectivity index (χ1) is 14.1. The van der Waals surface area contributed by atoms with Gasteiger partial charge >= 0.3 is 0 Å². The van der Waals surface area contributed by atoms with E-state index in [1.54, 1.807) is 24.3 Å². The fraction of sp³-hybridized carbons (Fsp3) is 0.348.